The number of H-pyrrole nitrogens is 1. The molecule has 1 aromatic heterocycles. The molecule has 1 saturated carbocycles. The van der Waals surface area contributed by atoms with E-state index in [2.05, 4.69) is 15.5 Å². The number of hydrogen-bond donors (Lipinski definition) is 2. The van der Waals surface area contributed by atoms with Crippen LogP contribution in [0.3, 0.4) is 0 Å². The van der Waals surface area contributed by atoms with Crippen LogP contribution in [0.25, 0.3) is 11.3 Å². The zero-order chi connectivity index (χ0) is 17.4. The largest absolute Gasteiger partial charge is 0.318 e. The first kappa shape index (κ1) is 15.5. The van der Waals surface area contributed by atoms with E-state index in [1.165, 1.54) is 6.07 Å². The molecule has 2 N–H and O–H groups in total. The highest BCUT2D eigenvalue weighted by molar-refractivity contribution is 6.06. The topological polar surface area (TPSA) is 57.8 Å². The van der Waals surface area contributed by atoms with Crippen LogP contribution in [0.5, 0.6) is 0 Å². The van der Waals surface area contributed by atoms with Gasteiger partial charge in [-0.25, -0.2) is 8.78 Å². The summed E-state index contributed by atoms with van der Waals surface area (Å²) in [5, 5.41) is 9.94. The van der Waals surface area contributed by atoms with Crippen molar-refractivity contribution in [1.29, 1.82) is 0 Å². The van der Waals surface area contributed by atoms with E-state index in [4.69, 9.17) is 0 Å². The summed E-state index contributed by atoms with van der Waals surface area (Å²) in [7, 11) is 0. The van der Waals surface area contributed by atoms with Crippen molar-refractivity contribution in [2.45, 2.75) is 18.8 Å². The minimum Gasteiger partial charge on any atom is -0.318 e. The van der Waals surface area contributed by atoms with Gasteiger partial charge in [0.15, 0.2) is 0 Å². The standard InChI is InChI=1S/C19H15F2N3O/c20-13-7-4-8-14(21)15(13)19(25)22-18-16(11-5-2-1-3-6-11)23-24-17(18)12-9-10-12/h1-8,12H,9-10H2,(H,22,25)(H,23,24). The highest BCUT2D eigenvalue weighted by atomic mass is 19.1. The number of anilines is 1. The number of nitrogens with one attached hydrogen (secondary N) is 2. The van der Waals surface area contributed by atoms with Gasteiger partial charge in [0.1, 0.15) is 22.9 Å². The maximum absolute atomic E-state index is 13.9. The Hall–Kier alpha value is -3.02. The van der Waals surface area contributed by atoms with Crippen LogP contribution in [0.4, 0.5) is 14.5 Å². The van der Waals surface area contributed by atoms with Crippen molar-refractivity contribution < 1.29 is 13.6 Å². The fourth-order valence-electron chi connectivity index (χ4n) is 2.85. The molecule has 1 fully saturated rings. The lowest BCUT2D eigenvalue weighted by molar-refractivity contribution is 0.101. The van der Waals surface area contributed by atoms with Crippen molar-refractivity contribution in [1.82, 2.24) is 10.2 Å². The quantitative estimate of drug-likeness (QED) is 0.736. The van der Waals surface area contributed by atoms with Gasteiger partial charge in [0, 0.05) is 11.5 Å². The molecule has 0 atom stereocenters. The fraction of sp³-hybridized carbons (Fsp3) is 0.158. The highest BCUT2D eigenvalue weighted by Crippen LogP contribution is 2.45. The molecule has 25 heavy (non-hydrogen) atoms. The van der Waals surface area contributed by atoms with Crippen molar-refractivity contribution in [2.75, 3.05) is 5.32 Å². The van der Waals surface area contributed by atoms with Crippen LogP contribution in [0.15, 0.2) is 48.5 Å². The van der Waals surface area contributed by atoms with Crippen LogP contribution in [0.1, 0.15) is 34.8 Å². The number of halogens is 2. The third kappa shape index (κ3) is 2.91. The highest BCUT2D eigenvalue weighted by Gasteiger charge is 2.31. The normalized spacial score (nSPS) is 13.7. The molecule has 6 heteroatoms. The molecule has 0 saturated heterocycles. The number of rotatable bonds is 4. The Kier molecular flexibility index (Phi) is 3.80. The molecule has 1 heterocycles. The molecule has 0 spiro atoms. The third-order valence-electron chi connectivity index (χ3n) is 4.26. The Labute approximate surface area is 142 Å². The van der Waals surface area contributed by atoms with E-state index in [0.717, 1.165) is 36.2 Å². The van der Waals surface area contributed by atoms with E-state index in [1.54, 1.807) is 0 Å². The predicted octanol–water partition coefficient (Wildman–Crippen LogP) is 4.48. The van der Waals surface area contributed by atoms with Gasteiger partial charge < -0.3 is 5.32 Å². The monoisotopic (exact) mass is 339 g/mol. The van der Waals surface area contributed by atoms with Gasteiger partial charge in [-0.3, -0.25) is 9.89 Å². The van der Waals surface area contributed by atoms with Crippen LogP contribution in [0.2, 0.25) is 0 Å². The molecule has 3 aromatic rings. The average molecular weight is 339 g/mol. The lowest BCUT2D eigenvalue weighted by atomic mass is 10.1. The second kappa shape index (κ2) is 6.12. The Morgan fingerprint density at radius 1 is 1.04 bits per heavy atom. The summed E-state index contributed by atoms with van der Waals surface area (Å²) in [6.45, 7) is 0. The Balaban J connectivity index is 1.74. The van der Waals surface area contributed by atoms with E-state index in [0.29, 0.717) is 11.4 Å². The summed E-state index contributed by atoms with van der Waals surface area (Å²) in [5.41, 5.74) is 2.07. The first-order valence-electron chi connectivity index (χ1n) is 8.04. The molecule has 2 aromatic carbocycles. The fourth-order valence-corrected chi connectivity index (χ4v) is 2.85. The molecule has 1 aliphatic carbocycles. The summed E-state index contributed by atoms with van der Waals surface area (Å²) >= 11 is 0. The number of benzene rings is 2. The summed E-state index contributed by atoms with van der Waals surface area (Å²) in [5.74, 6) is -2.33. The number of hydrogen-bond acceptors (Lipinski definition) is 2. The maximum Gasteiger partial charge on any atom is 0.261 e. The zero-order valence-electron chi connectivity index (χ0n) is 13.2. The molecule has 4 rings (SSSR count). The molecular weight excluding hydrogens is 324 g/mol. The van der Waals surface area contributed by atoms with Crippen molar-refractivity contribution in [2.24, 2.45) is 0 Å². The Morgan fingerprint density at radius 3 is 2.36 bits per heavy atom. The van der Waals surface area contributed by atoms with Gasteiger partial charge in [0.05, 0.1) is 11.4 Å². The lowest BCUT2D eigenvalue weighted by Gasteiger charge is -2.09. The van der Waals surface area contributed by atoms with Crippen LogP contribution in [-0.4, -0.2) is 16.1 Å². The SMILES string of the molecule is O=C(Nc1c(-c2ccccc2)n[nH]c1C1CC1)c1c(F)cccc1F. The van der Waals surface area contributed by atoms with E-state index in [1.807, 2.05) is 30.3 Å². The summed E-state index contributed by atoms with van der Waals surface area (Å²) in [6, 6.07) is 12.7. The number of carbonyl (C=O) groups is 1. The molecule has 1 amide bonds. The zero-order valence-corrected chi connectivity index (χ0v) is 13.2. The number of aromatic nitrogens is 2. The molecular formula is C19H15F2N3O. The van der Waals surface area contributed by atoms with Crippen molar-refractivity contribution in [3.8, 4) is 11.3 Å². The van der Waals surface area contributed by atoms with Crippen LogP contribution in [0, 0.1) is 11.6 Å². The summed E-state index contributed by atoms with van der Waals surface area (Å²) in [4.78, 5) is 12.5. The second-order valence-electron chi connectivity index (χ2n) is 6.05. The van der Waals surface area contributed by atoms with Gasteiger partial charge in [0.25, 0.3) is 5.91 Å². The number of aromatic amines is 1. The smallest absolute Gasteiger partial charge is 0.261 e. The van der Waals surface area contributed by atoms with E-state index in [9.17, 15) is 13.6 Å². The Bertz CT molecular complexity index is 913. The van der Waals surface area contributed by atoms with Crippen LogP contribution in [-0.2, 0) is 0 Å². The summed E-state index contributed by atoms with van der Waals surface area (Å²) in [6.07, 6.45) is 1.99. The number of amides is 1. The first-order valence-corrected chi connectivity index (χ1v) is 8.04. The van der Waals surface area contributed by atoms with Crippen LogP contribution >= 0.6 is 0 Å². The lowest BCUT2D eigenvalue weighted by Crippen LogP contribution is -2.16. The number of nitrogens with zero attached hydrogens (tertiary/aromatic N) is 1. The van der Waals surface area contributed by atoms with Crippen LogP contribution < -0.4 is 5.32 Å². The van der Waals surface area contributed by atoms with Crippen molar-refractivity contribution >= 4 is 11.6 Å². The molecule has 0 aliphatic heterocycles. The molecule has 0 unspecified atom stereocenters. The van der Waals surface area contributed by atoms with E-state index in [-0.39, 0.29) is 5.92 Å². The van der Waals surface area contributed by atoms with E-state index < -0.39 is 23.1 Å². The van der Waals surface area contributed by atoms with Gasteiger partial charge >= 0.3 is 0 Å². The van der Waals surface area contributed by atoms with Crippen molar-refractivity contribution in [3.05, 3.63) is 71.4 Å². The van der Waals surface area contributed by atoms with Gasteiger partial charge in [-0.05, 0) is 25.0 Å². The van der Waals surface area contributed by atoms with Gasteiger partial charge in [-0.15, -0.1) is 0 Å². The molecule has 0 radical (unpaired) electrons. The van der Waals surface area contributed by atoms with Gasteiger partial charge in [-0.1, -0.05) is 36.4 Å². The Morgan fingerprint density at radius 2 is 1.72 bits per heavy atom. The molecule has 126 valence electrons. The van der Waals surface area contributed by atoms with Gasteiger partial charge in [0.2, 0.25) is 0 Å². The van der Waals surface area contributed by atoms with E-state index >= 15 is 0 Å². The minimum atomic E-state index is -0.893. The predicted molar refractivity (Wildman–Crippen MR) is 90.3 cm³/mol. The third-order valence-corrected chi connectivity index (χ3v) is 4.26. The first-order chi connectivity index (χ1) is 12.1. The average Bonchev–Trinajstić information content (AvgIpc) is 3.36. The molecule has 4 nitrogen and oxygen atoms in total. The number of carbonyl (C=O) groups excluding carboxylic acids is 1. The van der Waals surface area contributed by atoms with Crippen molar-refractivity contribution in [3.63, 3.8) is 0 Å². The molecule has 0 bridgehead atoms. The second-order valence-corrected chi connectivity index (χ2v) is 6.05. The molecule has 1 aliphatic rings. The maximum atomic E-state index is 13.9. The van der Waals surface area contributed by atoms with Gasteiger partial charge in [-0.2, -0.15) is 5.10 Å². The minimum absolute atomic E-state index is 0.283. The summed E-state index contributed by atoms with van der Waals surface area (Å²) < 4.78 is 27.8.